The molecule has 86 valence electrons. The highest BCUT2D eigenvalue weighted by Gasteiger charge is 2.12. The molecule has 1 unspecified atom stereocenters. The van der Waals surface area contributed by atoms with Crippen molar-refractivity contribution < 1.29 is 4.39 Å². The van der Waals surface area contributed by atoms with Crippen LogP contribution in [-0.4, -0.2) is 17.0 Å². The summed E-state index contributed by atoms with van der Waals surface area (Å²) >= 11 is 1.69. The molecule has 0 saturated heterocycles. The first-order chi connectivity index (χ1) is 7.66. The average molecular weight is 238 g/mol. The van der Waals surface area contributed by atoms with Crippen molar-refractivity contribution in [2.24, 2.45) is 4.99 Å². The Hall–Kier alpha value is -1.03. The Labute approximate surface area is 99.3 Å². The van der Waals surface area contributed by atoms with Gasteiger partial charge in [-0.15, -0.1) is 0 Å². The van der Waals surface area contributed by atoms with Crippen LogP contribution in [0, 0.1) is 12.7 Å². The predicted molar refractivity (Wildman–Crippen MR) is 68.7 cm³/mol. The van der Waals surface area contributed by atoms with Crippen LogP contribution in [0.5, 0.6) is 0 Å². The molecule has 1 aliphatic rings. The van der Waals surface area contributed by atoms with Crippen LogP contribution in [0.25, 0.3) is 0 Å². The lowest BCUT2D eigenvalue weighted by molar-refractivity contribution is 0.619. The van der Waals surface area contributed by atoms with E-state index in [1.807, 2.05) is 6.07 Å². The first kappa shape index (κ1) is 11.5. The number of halogens is 1. The van der Waals surface area contributed by atoms with Gasteiger partial charge >= 0.3 is 0 Å². The van der Waals surface area contributed by atoms with Gasteiger partial charge in [0.2, 0.25) is 0 Å². The van der Waals surface area contributed by atoms with Crippen LogP contribution in [0.1, 0.15) is 18.9 Å². The summed E-state index contributed by atoms with van der Waals surface area (Å²) in [6.07, 6.45) is 1.11. The van der Waals surface area contributed by atoms with Gasteiger partial charge < -0.3 is 5.32 Å². The zero-order valence-corrected chi connectivity index (χ0v) is 10.3. The molecule has 0 bridgehead atoms. The lowest BCUT2D eigenvalue weighted by atomic mass is 10.2. The molecule has 16 heavy (non-hydrogen) atoms. The minimum Gasteiger partial charge on any atom is -0.335 e. The molecule has 0 aliphatic carbocycles. The third-order valence-electron chi connectivity index (χ3n) is 2.62. The smallest absolute Gasteiger partial charge is 0.161 e. The van der Waals surface area contributed by atoms with Gasteiger partial charge in [0.25, 0.3) is 0 Å². The standard InChI is InChI=1S/C12H15FN2S/c1-8-6-7-16-12(14-8)15-11-5-3-4-10(13)9(11)2/h3-5,8H,6-7H2,1-2H3,(H,14,15). The minimum atomic E-state index is -0.181. The van der Waals surface area contributed by atoms with Gasteiger partial charge in [0, 0.05) is 17.0 Å². The molecule has 1 aromatic rings. The lowest BCUT2D eigenvalue weighted by Crippen LogP contribution is -2.18. The summed E-state index contributed by atoms with van der Waals surface area (Å²) in [6.45, 7) is 3.87. The van der Waals surface area contributed by atoms with Crippen molar-refractivity contribution in [2.45, 2.75) is 26.3 Å². The van der Waals surface area contributed by atoms with E-state index in [0.29, 0.717) is 11.6 Å². The Kier molecular flexibility index (Phi) is 3.49. The monoisotopic (exact) mass is 238 g/mol. The molecule has 1 atom stereocenters. The first-order valence-corrected chi connectivity index (χ1v) is 6.38. The quantitative estimate of drug-likeness (QED) is 0.810. The van der Waals surface area contributed by atoms with E-state index in [1.165, 1.54) is 6.07 Å². The molecule has 2 rings (SSSR count). The molecule has 1 aliphatic heterocycles. The second-order valence-electron chi connectivity index (χ2n) is 3.96. The summed E-state index contributed by atoms with van der Waals surface area (Å²) in [5.41, 5.74) is 1.45. The summed E-state index contributed by atoms with van der Waals surface area (Å²) < 4.78 is 13.3. The highest BCUT2D eigenvalue weighted by molar-refractivity contribution is 8.14. The molecule has 0 spiro atoms. The van der Waals surface area contributed by atoms with E-state index in [4.69, 9.17) is 0 Å². The minimum absolute atomic E-state index is 0.181. The average Bonchev–Trinajstić information content (AvgIpc) is 2.25. The first-order valence-electron chi connectivity index (χ1n) is 5.39. The zero-order chi connectivity index (χ0) is 11.5. The summed E-state index contributed by atoms with van der Waals surface area (Å²) in [5, 5.41) is 4.09. The van der Waals surface area contributed by atoms with E-state index >= 15 is 0 Å². The van der Waals surface area contributed by atoms with Gasteiger partial charge in [0.1, 0.15) is 5.82 Å². The number of hydrogen-bond acceptors (Lipinski definition) is 3. The Bertz CT molecular complexity index is 417. The summed E-state index contributed by atoms with van der Waals surface area (Å²) in [5.74, 6) is 0.890. The van der Waals surface area contributed by atoms with Crippen molar-refractivity contribution in [3.05, 3.63) is 29.6 Å². The maximum Gasteiger partial charge on any atom is 0.161 e. The summed E-state index contributed by atoms with van der Waals surface area (Å²) in [4.78, 5) is 4.49. The Morgan fingerprint density at radius 2 is 2.31 bits per heavy atom. The highest BCUT2D eigenvalue weighted by Crippen LogP contribution is 2.22. The number of nitrogens with one attached hydrogen (secondary N) is 1. The molecule has 0 aromatic heterocycles. The Morgan fingerprint density at radius 3 is 3.06 bits per heavy atom. The summed E-state index contributed by atoms with van der Waals surface area (Å²) in [7, 11) is 0. The van der Waals surface area contributed by atoms with Crippen LogP contribution in [0.2, 0.25) is 0 Å². The molecule has 1 aromatic carbocycles. The van der Waals surface area contributed by atoms with Crippen molar-refractivity contribution >= 4 is 22.6 Å². The van der Waals surface area contributed by atoms with E-state index in [2.05, 4.69) is 17.2 Å². The molecule has 0 amide bonds. The van der Waals surface area contributed by atoms with Gasteiger partial charge in [-0.1, -0.05) is 17.8 Å². The maximum absolute atomic E-state index is 13.3. The lowest BCUT2D eigenvalue weighted by Gasteiger charge is -2.18. The van der Waals surface area contributed by atoms with Crippen molar-refractivity contribution in [1.82, 2.24) is 0 Å². The molecule has 0 saturated carbocycles. The molecular weight excluding hydrogens is 223 g/mol. The number of rotatable bonds is 1. The van der Waals surface area contributed by atoms with Gasteiger partial charge in [0.15, 0.2) is 5.17 Å². The van der Waals surface area contributed by atoms with E-state index < -0.39 is 0 Å². The van der Waals surface area contributed by atoms with Gasteiger partial charge in [0.05, 0.1) is 6.04 Å². The van der Waals surface area contributed by atoms with Crippen LogP contribution < -0.4 is 5.32 Å². The number of aliphatic imine (C=N–C) groups is 1. The number of amidine groups is 1. The van der Waals surface area contributed by atoms with E-state index in [9.17, 15) is 4.39 Å². The van der Waals surface area contributed by atoms with E-state index in [1.54, 1.807) is 24.8 Å². The van der Waals surface area contributed by atoms with Crippen LogP contribution in [0.3, 0.4) is 0 Å². The molecule has 4 heteroatoms. The van der Waals surface area contributed by atoms with E-state index in [-0.39, 0.29) is 5.82 Å². The topological polar surface area (TPSA) is 24.4 Å². The largest absolute Gasteiger partial charge is 0.335 e. The molecule has 2 nitrogen and oxygen atoms in total. The summed E-state index contributed by atoms with van der Waals surface area (Å²) in [6, 6.07) is 5.42. The maximum atomic E-state index is 13.3. The van der Waals surface area contributed by atoms with Crippen LogP contribution in [-0.2, 0) is 0 Å². The Balaban J connectivity index is 2.17. The normalized spacial score (nSPS) is 20.4. The number of hydrogen-bond donors (Lipinski definition) is 1. The zero-order valence-electron chi connectivity index (χ0n) is 9.46. The second kappa shape index (κ2) is 4.87. The van der Waals surface area contributed by atoms with Crippen LogP contribution in [0.4, 0.5) is 10.1 Å². The van der Waals surface area contributed by atoms with Gasteiger partial charge in [-0.3, -0.25) is 4.99 Å². The van der Waals surface area contributed by atoms with Crippen LogP contribution >= 0.6 is 11.8 Å². The fourth-order valence-electron chi connectivity index (χ4n) is 1.55. The SMILES string of the molecule is Cc1c(F)cccc1NC1=NC(C)CCS1. The van der Waals surface area contributed by atoms with E-state index in [0.717, 1.165) is 23.0 Å². The third kappa shape index (κ3) is 2.55. The van der Waals surface area contributed by atoms with Gasteiger partial charge in [-0.25, -0.2) is 4.39 Å². The van der Waals surface area contributed by atoms with Gasteiger partial charge in [-0.2, -0.15) is 0 Å². The van der Waals surface area contributed by atoms with Crippen molar-refractivity contribution in [3.63, 3.8) is 0 Å². The molecule has 0 fully saturated rings. The fraction of sp³-hybridized carbons (Fsp3) is 0.417. The van der Waals surface area contributed by atoms with Crippen LogP contribution in [0.15, 0.2) is 23.2 Å². The second-order valence-corrected chi connectivity index (χ2v) is 5.04. The van der Waals surface area contributed by atoms with Crippen molar-refractivity contribution in [2.75, 3.05) is 11.1 Å². The van der Waals surface area contributed by atoms with Crippen molar-refractivity contribution in [3.8, 4) is 0 Å². The van der Waals surface area contributed by atoms with Crippen molar-refractivity contribution in [1.29, 1.82) is 0 Å². The highest BCUT2D eigenvalue weighted by atomic mass is 32.2. The number of benzene rings is 1. The molecular formula is C12H15FN2S. The molecule has 0 radical (unpaired) electrons. The Morgan fingerprint density at radius 1 is 1.50 bits per heavy atom. The molecule has 1 heterocycles. The number of thioether (sulfide) groups is 1. The fourth-order valence-corrected chi connectivity index (χ4v) is 2.64. The number of anilines is 1. The predicted octanol–water partition coefficient (Wildman–Crippen LogP) is 3.43. The third-order valence-corrected chi connectivity index (χ3v) is 3.54. The van der Waals surface area contributed by atoms with Gasteiger partial charge in [-0.05, 0) is 32.4 Å². The number of nitrogens with zero attached hydrogens (tertiary/aromatic N) is 1. The molecule has 1 N–H and O–H groups in total.